The summed E-state index contributed by atoms with van der Waals surface area (Å²) in [6.07, 6.45) is 3.02. The average molecular weight is 225 g/mol. The summed E-state index contributed by atoms with van der Waals surface area (Å²) in [5.41, 5.74) is 0.753. The smallest absolute Gasteiger partial charge is 0.339 e. The molecule has 0 aliphatic carbocycles. The first-order valence-electron chi connectivity index (χ1n) is 5.17. The maximum absolute atomic E-state index is 11.4. The van der Waals surface area contributed by atoms with E-state index in [-0.39, 0.29) is 0 Å². The summed E-state index contributed by atoms with van der Waals surface area (Å²) in [5.74, 6) is -0.860. The topological polar surface area (TPSA) is 64.6 Å². The quantitative estimate of drug-likeness (QED) is 0.707. The predicted molar refractivity (Wildman–Crippen MR) is 57.4 cm³/mol. The number of ether oxygens (including phenoxy) is 2. The van der Waals surface area contributed by atoms with Crippen molar-refractivity contribution in [3.8, 4) is 0 Å². The molecule has 1 rings (SSSR count). The molecule has 88 valence electrons. The van der Waals surface area contributed by atoms with Crippen molar-refractivity contribution in [3.05, 3.63) is 23.4 Å². The summed E-state index contributed by atoms with van der Waals surface area (Å²) >= 11 is 0. The molecule has 0 aromatic rings. The van der Waals surface area contributed by atoms with Gasteiger partial charge in [0.2, 0.25) is 0 Å². The molecular weight excluding hydrogens is 210 g/mol. The van der Waals surface area contributed by atoms with Crippen LogP contribution in [0.5, 0.6) is 0 Å². The maximum atomic E-state index is 11.4. The zero-order chi connectivity index (χ0) is 12.0. The third-order valence-electron chi connectivity index (χ3n) is 1.93. The standard InChI is InChI=1S/C11H15NO4/c1-3-15-10(13)8-5-9(7-12-6-8)11(14)16-4-2/h5-6,12H,3-4,7H2,1-2H3. The summed E-state index contributed by atoms with van der Waals surface area (Å²) < 4.78 is 9.67. The van der Waals surface area contributed by atoms with E-state index in [1.165, 1.54) is 12.3 Å². The van der Waals surface area contributed by atoms with Gasteiger partial charge < -0.3 is 14.8 Å². The number of esters is 2. The largest absolute Gasteiger partial charge is 0.463 e. The molecule has 0 saturated heterocycles. The minimum absolute atomic E-state index is 0.304. The van der Waals surface area contributed by atoms with Crippen LogP contribution in [0.4, 0.5) is 0 Å². The maximum Gasteiger partial charge on any atom is 0.339 e. The summed E-state index contributed by atoms with van der Waals surface area (Å²) in [5, 5.41) is 2.83. The lowest BCUT2D eigenvalue weighted by Crippen LogP contribution is -2.24. The van der Waals surface area contributed by atoms with E-state index in [0.29, 0.717) is 30.9 Å². The molecule has 1 aliphatic rings. The van der Waals surface area contributed by atoms with Gasteiger partial charge in [0, 0.05) is 12.7 Å². The molecule has 16 heavy (non-hydrogen) atoms. The van der Waals surface area contributed by atoms with Crippen LogP contribution in [0.1, 0.15) is 13.8 Å². The van der Waals surface area contributed by atoms with Gasteiger partial charge in [-0.25, -0.2) is 9.59 Å². The Morgan fingerprint density at radius 1 is 1.25 bits per heavy atom. The van der Waals surface area contributed by atoms with Gasteiger partial charge in [-0.3, -0.25) is 0 Å². The summed E-state index contributed by atoms with van der Waals surface area (Å²) in [6.45, 7) is 4.44. The Kier molecular flexibility index (Phi) is 4.57. The third-order valence-corrected chi connectivity index (χ3v) is 1.93. The Morgan fingerprint density at radius 2 is 1.88 bits per heavy atom. The summed E-state index contributed by atoms with van der Waals surface area (Å²) in [6, 6.07) is 0. The van der Waals surface area contributed by atoms with Crippen molar-refractivity contribution in [1.82, 2.24) is 5.32 Å². The van der Waals surface area contributed by atoms with Crippen LogP contribution in [-0.2, 0) is 19.1 Å². The number of hydrogen-bond donors (Lipinski definition) is 1. The van der Waals surface area contributed by atoms with Gasteiger partial charge >= 0.3 is 11.9 Å². The molecular formula is C11H15NO4. The molecule has 0 spiro atoms. The van der Waals surface area contributed by atoms with Crippen LogP contribution in [0.3, 0.4) is 0 Å². The van der Waals surface area contributed by atoms with Gasteiger partial charge in [-0.05, 0) is 19.9 Å². The highest BCUT2D eigenvalue weighted by Gasteiger charge is 2.18. The number of rotatable bonds is 4. The predicted octanol–water partition coefficient (Wildman–Crippen LogP) is 0.526. The second kappa shape index (κ2) is 5.95. The van der Waals surface area contributed by atoms with Crippen molar-refractivity contribution in [2.24, 2.45) is 0 Å². The molecule has 0 radical (unpaired) electrons. The van der Waals surface area contributed by atoms with Gasteiger partial charge in [-0.1, -0.05) is 0 Å². The van der Waals surface area contributed by atoms with Crippen molar-refractivity contribution in [2.75, 3.05) is 19.8 Å². The van der Waals surface area contributed by atoms with Gasteiger partial charge in [-0.15, -0.1) is 0 Å². The molecule has 1 aliphatic heterocycles. The monoisotopic (exact) mass is 225 g/mol. The van der Waals surface area contributed by atoms with Gasteiger partial charge in [0.05, 0.1) is 24.4 Å². The molecule has 1 heterocycles. The highest BCUT2D eigenvalue weighted by Crippen LogP contribution is 2.10. The zero-order valence-electron chi connectivity index (χ0n) is 9.41. The molecule has 5 nitrogen and oxygen atoms in total. The van der Waals surface area contributed by atoms with Crippen LogP contribution in [0.15, 0.2) is 23.4 Å². The number of hydrogen-bond acceptors (Lipinski definition) is 5. The second-order valence-corrected chi connectivity index (χ2v) is 3.09. The fourth-order valence-electron chi connectivity index (χ4n) is 1.24. The molecule has 0 unspecified atom stereocenters. The van der Waals surface area contributed by atoms with Gasteiger partial charge in [0.15, 0.2) is 0 Å². The average Bonchev–Trinajstić information content (AvgIpc) is 2.30. The number of carbonyl (C=O) groups is 2. The minimum Gasteiger partial charge on any atom is -0.463 e. The molecule has 0 fully saturated rings. The summed E-state index contributed by atoms with van der Waals surface area (Å²) in [7, 11) is 0. The lowest BCUT2D eigenvalue weighted by atomic mass is 10.1. The molecule has 0 amide bonds. The van der Waals surface area contributed by atoms with Crippen LogP contribution >= 0.6 is 0 Å². The van der Waals surface area contributed by atoms with Gasteiger partial charge in [-0.2, -0.15) is 0 Å². The molecule has 0 aromatic carbocycles. The van der Waals surface area contributed by atoms with Crippen LogP contribution in [-0.4, -0.2) is 31.7 Å². The van der Waals surface area contributed by atoms with E-state index in [2.05, 4.69) is 5.32 Å². The minimum atomic E-state index is -0.448. The van der Waals surface area contributed by atoms with Gasteiger partial charge in [0.25, 0.3) is 0 Å². The summed E-state index contributed by atoms with van der Waals surface area (Å²) in [4.78, 5) is 22.8. The lowest BCUT2D eigenvalue weighted by Gasteiger charge is -2.13. The number of nitrogens with one attached hydrogen (secondary N) is 1. The molecule has 1 N–H and O–H groups in total. The Bertz CT molecular complexity index is 344. The van der Waals surface area contributed by atoms with Crippen molar-refractivity contribution in [1.29, 1.82) is 0 Å². The molecule has 0 saturated carbocycles. The fourth-order valence-corrected chi connectivity index (χ4v) is 1.24. The van der Waals surface area contributed by atoms with E-state index in [1.54, 1.807) is 13.8 Å². The van der Waals surface area contributed by atoms with E-state index >= 15 is 0 Å². The Labute approximate surface area is 94.1 Å². The highest BCUT2D eigenvalue weighted by atomic mass is 16.5. The second-order valence-electron chi connectivity index (χ2n) is 3.09. The normalized spacial score (nSPS) is 14.4. The molecule has 0 atom stereocenters. The molecule has 0 bridgehead atoms. The van der Waals surface area contributed by atoms with E-state index in [4.69, 9.17) is 9.47 Å². The van der Waals surface area contributed by atoms with Crippen molar-refractivity contribution < 1.29 is 19.1 Å². The van der Waals surface area contributed by atoms with Crippen molar-refractivity contribution in [3.63, 3.8) is 0 Å². The zero-order valence-corrected chi connectivity index (χ0v) is 9.41. The van der Waals surface area contributed by atoms with Crippen molar-refractivity contribution >= 4 is 11.9 Å². The Hall–Kier alpha value is -1.78. The van der Waals surface area contributed by atoms with E-state index in [9.17, 15) is 9.59 Å². The molecule has 5 heteroatoms. The fraction of sp³-hybridized carbons (Fsp3) is 0.455. The Morgan fingerprint density at radius 3 is 2.50 bits per heavy atom. The lowest BCUT2D eigenvalue weighted by molar-refractivity contribution is -0.138. The van der Waals surface area contributed by atoms with Gasteiger partial charge in [0.1, 0.15) is 0 Å². The van der Waals surface area contributed by atoms with Crippen molar-refractivity contribution in [2.45, 2.75) is 13.8 Å². The van der Waals surface area contributed by atoms with E-state index in [1.807, 2.05) is 0 Å². The van der Waals surface area contributed by atoms with Crippen LogP contribution in [0, 0.1) is 0 Å². The first-order valence-corrected chi connectivity index (χ1v) is 5.17. The van der Waals surface area contributed by atoms with Crippen LogP contribution < -0.4 is 5.32 Å². The first kappa shape index (κ1) is 12.3. The number of dihydropyridines is 1. The third kappa shape index (κ3) is 3.12. The Balaban J connectivity index is 2.72. The first-order chi connectivity index (χ1) is 7.69. The van der Waals surface area contributed by atoms with E-state index in [0.717, 1.165) is 0 Å². The number of carbonyl (C=O) groups excluding carboxylic acids is 2. The SMILES string of the molecule is CCOC(=O)C1=CNCC(C(=O)OCC)=C1. The van der Waals surface area contributed by atoms with Crippen LogP contribution in [0.25, 0.3) is 0 Å². The van der Waals surface area contributed by atoms with E-state index < -0.39 is 11.9 Å². The highest BCUT2D eigenvalue weighted by molar-refractivity contribution is 5.97. The van der Waals surface area contributed by atoms with Crippen LogP contribution in [0.2, 0.25) is 0 Å². The molecule has 0 aromatic heterocycles.